The van der Waals surface area contributed by atoms with Crippen molar-refractivity contribution in [3.63, 3.8) is 0 Å². The van der Waals surface area contributed by atoms with Crippen molar-refractivity contribution in [1.82, 2.24) is 0 Å². The first-order valence-corrected chi connectivity index (χ1v) is 5.29. The summed E-state index contributed by atoms with van der Waals surface area (Å²) in [4.78, 5) is 0. The molecule has 72 valence electrons. The first kappa shape index (κ1) is 8.49. The molecule has 0 atom stereocenters. The van der Waals surface area contributed by atoms with E-state index in [-0.39, 0.29) is 0 Å². The predicted octanol–water partition coefficient (Wildman–Crippen LogP) is 4.18. The molecule has 0 unspecified atom stereocenters. The number of rotatable bonds is 1. The number of hydrogen-bond donors (Lipinski definition) is 0. The average molecular weight is 192 g/mol. The second-order valence-electron chi connectivity index (χ2n) is 3.86. The average Bonchev–Trinajstić information content (AvgIpc) is 2.82. The zero-order chi connectivity index (χ0) is 10.1. The molecule has 2 aromatic carbocycles. The molecule has 0 N–H and O–H groups in total. The first-order valence-electron chi connectivity index (χ1n) is 5.29. The summed E-state index contributed by atoms with van der Waals surface area (Å²) < 4.78 is 0. The lowest BCUT2D eigenvalue weighted by atomic mass is 10.0. The number of benzene rings is 2. The van der Waals surface area contributed by atoms with Gasteiger partial charge in [0, 0.05) is 0 Å². The monoisotopic (exact) mass is 192 g/mol. The summed E-state index contributed by atoms with van der Waals surface area (Å²) in [5.74, 6) is 0. The molecule has 0 heteroatoms. The molecule has 0 bridgehead atoms. The summed E-state index contributed by atoms with van der Waals surface area (Å²) in [7, 11) is 0. The SMILES string of the molecule is C1=CC(c2ccc3ccccc3c2)=CC1. The zero-order valence-corrected chi connectivity index (χ0v) is 8.48. The third kappa shape index (κ3) is 1.48. The molecule has 2 aromatic rings. The van der Waals surface area contributed by atoms with Gasteiger partial charge in [0.05, 0.1) is 0 Å². The van der Waals surface area contributed by atoms with Crippen LogP contribution >= 0.6 is 0 Å². The minimum absolute atomic E-state index is 1.07. The molecule has 0 aromatic heterocycles. The summed E-state index contributed by atoms with van der Waals surface area (Å²) in [6.07, 6.45) is 7.74. The van der Waals surface area contributed by atoms with Crippen LogP contribution in [-0.4, -0.2) is 0 Å². The van der Waals surface area contributed by atoms with Crippen LogP contribution in [-0.2, 0) is 0 Å². The molecule has 0 saturated carbocycles. The van der Waals surface area contributed by atoms with E-state index in [1.54, 1.807) is 0 Å². The van der Waals surface area contributed by atoms with E-state index >= 15 is 0 Å². The number of hydrogen-bond acceptors (Lipinski definition) is 0. The van der Waals surface area contributed by atoms with Gasteiger partial charge in [-0.15, -0.1) is 0 Å². The van der Waals surface area contributed by atoms with E-state index in [9.17, 15) is 0 Å². The topological polar surface area (TPSA) is 0 Å². The van der Waals surface area contributed by atoms with Crippen molar-refractivity contribution in [3.8, 4) is 0 Å². The highest BCUT2D eigenvalue weighted by molar-refractivity contribution is 5.88. The molecular formula is C15H12. The van der Waals surface area contributed by atoms with Crippen molar-refractivity contribution in [2.45, 2.75) is 6.42 Å². The highest BCUT2D eigenvalue weighted by atomic mass is 14.1. The molecule has 0 spiro atoms. The van der Waals surface area contributed by atoms with Gasteiger partial charge in [0.15, 0.2) is 0 Å². The fourth-order valence-corrected chi connectivity index (χ4v) is 2.04. The predicted molar refractivity (Wildman–Crippen MR) is 65.7 cm³/mol. The molecule has 0 fully saturated rings. The van der Waals surface area contributed by atoms with E-state index in [1.165, 1.54) is 21.9 Å². The standard InChI is InChI=1S/C15H12/c1-2-6-12(5-1)15-10-9-13-7-3-4-8-14(13)11-15/h1,3-11H,2H2. The second kappa shape index (κ2) is 3.39. The Labute approximate surface area is 89.6 Å². The largest absolute Gasteiger partial charge is 0.0801 e. The van der Waals surface area contributed by atoms with Crippen LogP contribution in [0.4, 0.5) is 0 Å². The molecule has 0 amide bonds. The van der Waals surface area contributed by atoms with Crippen LogP contribution in [0.15, 0.2) is 60.7 Å². The van der Waals surface area contributed by atoms with E-state index in [0.717, 1.165) is 6.42 Å². The van der Waals surface area contributed by atoms with Crippen molar-refractivity contribution in [3.05, 3.63) is 66.3 Å². The van der Waals surface area contributed by atoms with Crippen LogP contribution in [0.25, 0.3) is 16.3 Å². The van der Waals surface area contributed by atoms with Crippen LogP contribution in [0.3, 0.4) is 0 Å². The molecular weight excluding hydrogens is 180 g/mol. The maximum atomic E-state index is 2.27. The van der Waals surface area contributed by atoms with Crippen molar-refractivity contribution < 1.29 is 0 Å². The van der Waals surface area contributed by atoms with Crippen molar-refractivity contribution in [1.29, 1.82) is 0 Å². The molecule has 3 rings (SSSR count). The Hall–Kier alpha value is -1.82. The van der Waals surface area contributed by atoms with E-state index in [1.807, 2.05) is 0 Å². The van der Waals surface area contributed by atoms with Gasteiger partial charge >= 0.3 is 0 Å². The van der Waals surface area contributed by atoms with Gasteiger partial charge in [0.2, 0.25) is 0 Å². The molecule has 0 aliphatic heterocycles. The quantitative estimate of drug-likeness (QED) is 0.635. The maximum absolute atomic E-state index is 2.27. The Kier molecular flexibility index (Phi) is 1.92. The zero-order valence-electron chi connectivity index (χ0n) is 8.48. The highest BCUT2D eigenvalue weighted by Gasteiger charge is 2.02. The Morgan fingerprint density at radius 2 is 1.73 bits per heavy atom. The molecule has 0 radical (unpaired) electrons. The summed E-state index contributed by atoms with van der Waals surface area (Å²) in [6.45, 7) is 0. The van der Waals surface area contributed by atoms with Gasteiger partial charge in [-0.3, -0.25) is 0 Å². The fraction of sp³-hybridized carbons (Fsp3) is 0.0667. The lowest BCUT2D eigenvalue weighted by molar-refractivity contribution is 1.45. The van der Waals surface area contributed by atoms with Gasteiger partial charge in [-0.25, -0.2) is 0 Å². The van der Waals surface area contributed by atoms with E-state index in [2.05, 4.69) is 60.7 Å². The number of fused-ring (bicyclic) bond motifs is 1. The minimum Gasteiger partial charge on any atom is -0.0801 e. The third-order valence-corrected chi connectivity index (χ3v) is 2.85. The lowest BCUT2D eigenvalue weighted by Gasteiger charge is -2.02. The van der Waals surface area contributed by atoms with Gasteiger partial charge in [-0.2, -0.15) is 0 Å². The second-order valence-corrected chi connectivity index (χ2v) is 3.86. The first-order chi connectivity index (χ1) is 7.43. The smallest absolute Gasteiger partial charge is 0.0157 e. The molecule has 1 aliphatic carbocycles. The molecule has 15 heavy (non-hydrogen) atoms. The van der Waals surface area contributed by atoms with E-state index < -0.39 is 0 Å². The Morgan fingerprint density at radius 3 is 2.53 bits per heavy atom. The summed E-state index contributed by atoms with van der Waals surface area (Å²) >= 11 is 0. The van der Waals surface area contributed by atoms with E-state index in [4.69, 9.17) is 0 Å². The summed E-state index contributed by atoms with van der Waals surface area (Å²) in [6, 6.07) is 15.1. The van der Waals surface area contributed by atoms with Crippen LogP contribution in [0.2, 0.25) is 0 Å². The Morgan fingerprint density at radius 1 is 0.867 bits per heavy atom. The minimum atomic E-state index is 1.07. The van der Waals surface area contributed by atoms with Gasteiger partial charge in [0.1, 0.15) is 0 Å². The molecule has 1 aliphatic rings. The summed E-state index contributed by atoms with van der Waals surface area (Å²) in [5.41, 5.74) is 2.67. The molecule has 0 saturated heterocycles. The van der Waals surface area contributed by atoms with Gasteiger partial charge in [-0.05, 0) is 34.4 Å². The third-order valence-electron chi connectivity index (χ3n) is 2.85. The normalized spacial score (nSPS) is 14.5. The van der Waals surface area contributed by atoms with Gasteiger partial charge < -0.3 is 0 Å². The fourth-order valence-electron chi connectivity index (χ4n) is 2.04. The van der Waals surface area contributed by atoms with Crippen LogP contribution in [0.1, 0.15) is 12.0 Å². The molecule has 0 nitrogen and oxygen atoms in total. The molecule has 0 heterocycles. The van der Waals surface area contributed by atoms with Gasteiger partial charge in [0.25, 0.3) is 0 Å². The maximum Gasteiger partial charge on any atom is -0.0157 e. The number of allylic oxidation sites excluding steroid dienone is 4. The van der Waals surface area contributed by atoms with Crippen LogP contribution in [0, 0.1) is 0 Å². The lowest BCUT2D eigenvalue weighted by Crippen LogP contribution is -1.79. The van der Waals surface area contributed by atoms with Crippen molar-refractivity contribution in [2.24, 2.45) is 0 Å². The van der Waals surface area contributed by atoms with E-state index in [0.29, 0.717) is 0 Å². The van der Waals surface area contributed by atoms with Crippen molar-refractivity contribution in [2.75, 3.05) is 0 Å². The Balaban J connectivity index is 2.17. The van der Waals surface area contributed by atoms with Crippen molar-refractivity contribution >= 4 is 16.3 Å². The van der Waals surface area contributed by atoms with Crippen LogP contribution < -0.4 is 0 Å². The highest BCUT2D eigenvalue weighted by Crippen LogP contribution is 2.25. The summed E-state index contributed by atoms with van der Waals surface area (Å²) in [5, 5.41) is 2.63. The van der Waals surface area contributed by atoms with Crippen LogP contribution in [0.5, 0.6) is 0 Å². The Bertz CT molecular complexity index is 559. The van der Waals surface area contributed by atoms with Gasteiger partial charge in [-0.1, -0.05) is 54.6 Å².